The number of nitrogens with two attached hydrogens (primary N) is 1. The zero-order valence-electron chi connectivity index (χ0n) is 12.3. The molecule has 1 heterocycles. The second-order valence-corrected chi connectivity index (χ2v) is 5.35. The molecule has 0 spiro atoms. The summed E-state index contributed by atoms with van der Waals surface area (Å²) in [6, 6.07) is 15.5. The standard InChI is InChI=1S/C17H19N3O2/c18-16-14(17(21)22)7-4-8-15(16)20-11-9-19(10-12-20)13-5-2-1-3-6-13/h1-8H,9-12,18H2,(H,21,22). The molecule has 3 rings (SSSR count). The van der Waals surface area contributed by atoms with Crippen LogP contribution in [0.5, 0.6) is 0 Å². The first-order valence-corrected chi connectivity index (χ1v) is 7.33. The Labute approximate surface area is 129 Å². The van der Waals surface area contributed by atoms with E-state index in [1.807, 2.05) is 24.3 Å². The lowest BCUT2D eigenvalue weighted by Crippen LogP contribution is -2.46. The van der Waals surface area contributed by atoms with Gasteiger partial charge < -0.3 is 20.6 Å². The molecule has 1 fully saturated rings. The number of nitrogens with zero attached hydrogens (tertiary/aromatic N) is 2. The highest BCUT2D eigenvalue weighted by Gasteiger charge is 2.21. The molecule has 2 aromatic rings. The van der Waals surface area contributed by atoms with E-state index in [-0.39, 0.29) is 5.56 Å². The van der Waals surface area contributed by atoms with Gasteiger partial charge in [-0.2, -0.15) is 0 Å². The van der Waals surface area contributed by atoms with Crippen molar-refractivity contribution in [1.29, 1.82) is 0 Å². The molecule has 0 aliphatic carbocycles. The van der Waals surface area contributed by atoms with E-state index in [1.54, 1.807) is 12.1 Å². The Hall–Kier alpha value is -2.69. The van der Waals surface area contributed by atoms with Crippen LogP contribution in [0.25, 0.3) is 0 Å². The summed E-state index contributed by atoms with van der Waals surface area (Å²) >= 11 is 0. The molecule has 114 valence electrons. The highest BCUT2D eigenvalue weighted by atomic mass is 16.4. The minimum Gasteiger partial charge on any atom is -0.478 e. The smallest absolute Gasteiger partial charge is 0.337 e. The van der Waals surface area contributed by atoms with Gasteiger partial charge in [0.05, 0.1) is 16.9 Å². The second-order valence-electron chi connectivity index (χ2n) is 5.35. The monoisotopic (exact) mass is 297 g/mol. The lowest BCUT2D eigenvalue weighted by Gasteiger charge is -2.38. The van der Waals surface area contributed by atoms with E-state index in [4.69, 9.17) is 5.73 Å². The number of aromatic carboxylic acids is 1. The fourth-order valence-corrected chi connectivity index (χ4v) is 2.86. The normalized spacial score (nSPS) is 14.9. The molecule has 2 aromatic carbocycles. The Bertz CT molecular complexity index is 665. The number of nitrogen functional groups attached to an aromatic ring is 1. The zero-order valence-corrected chi connectivity index (χ0v) is 12.3. The number of hydrogen-bond donors (Lipinski definition) is 2. The van der Waals surface area contributed by atoms with E-state index in [9.17, 15) is 9.90 Å². The molecule has 3 N–H and O–H groups in total. The predicted molar refractivity (Wildman–Crippen MR) is 88.7 cm³/mol. The summed E-state index contributed by atoms with van der Waals surface area (Å²) in [6.45, 7) is 3.42. The number of para-hydroxylation sites is 2. The molecule has 1 aliphatic heterocycles. The van der Waals surface area contributed by atoms with Crippen molar-refractivity contribution in [2.75, 3.05) is 41.7 Å². The van der Waals surface area contributed by atoms with Gasteiger partial charge in [-0.05, 0) is 24.3 Å². The summed E-state index contributed by atoms with van der Waals surface area (Å²) < 4.78 is 0. The summed E-state index contributed by atoms with van der Waals surface area (Å²) in [4.78, 5) is 15.7. The molecule has 0 atom stereocenters. The molecular weight excluding hydrogens is 278 g/mol. The largest absolute Gasteiger partial charge is 0.478 e. The first kappa shape index (κ1) is 14.3. The first-order chi connectivity index (χ1) is 10.7. The van der Waals surface area contributed by atoms with E-state index in [0.717, 1.165) is 31.9 Å². The number of carboxylic acid groups (broad SMARTS) is 1. The van der Waals surface area contributed by atoms with Gasteiger partial charge in [0.25, 0.3) is 0 Å². The molecule has 1 saturated heterocycles. The average Bonchev–Trinajstić information content (AvgIpc) is 2.56. The van der Waals surface area contributed by atoms with Crippen molar-refractivity contribution in [2.24, 2.45) is 0 Å². The summed E-state index contributed by atoms with van der Waals surface area (Å²) in [5.74, 6) is -0.984. The van der Waals surface area contributed by atoms with Crippen LogP contribution in [0.15, 0.2) is 48.5 Å². The number of anilines is 3. The minimum absolute atomic E-state index is 0.169. The highest BCUT2D eigenvalue weighted by Crippen LogP contribution is 2.28. The van der Waals surface area contributed by atoms with E-state index < -0.39 is 5.97 Å². The van der Waals surface area contributed by atoms with Gasteiger partial charge in [-0.25, -0.2) is 4.79 Å². The topological polar surface area (TPSA) is 69.8 Å². The highest BCUT2D eigenvalue weighted by molar-refractivity contribution is 5.97. The maximum atomic E-state index is 11.2. The van der Waals surface area contributed by atoms with Crippen LogP contribution in [0.2, 0.25) is 0 Å². The molecule has 1 aliphatic rings. The van der Waals surface area contributed by atoms with Gasteiger partial charge in [0.1, 0.15) is 0 Å². The van der Waals surface area contributed by atoms with Gasteiger partial charge in [-0.3, -0.25) is 0 Å². The van der Waals surface area contributed by atoms with Crippen molar-refractivity contribution in [3.63, 3.8) is 0 Å². The number of carbonyl (C=O) groups is 1. The van der Waals surface area contributed by atoms with Crippen molar-refractivity contribution in [3.05, 3.63) is 54.1 Å². The third-order valence-electron chi connectivity index (χ3n) is 4.06. The Kier molecular flexibility index (Phi) is 3.87. The molecule has 0 unspecified atom stereocenters. The van der Waals surface area contributed by atoms with Gasteiger partial charge in [0, 0.05) is 31.9 Å². The van der Waals surface area contributed by atoms with Crippen LogP contribution in [-0.2, 0) is 0 Å². The summed E-state index contributed by atoms with van der Waals surface area (Å²) in [5, 5.41) is 9.17. The molecule has 5 heteroatoms. The molecular formula is C17H19N3O2. The molecule has 0 aromatic heterocycles. The molecule has 22 heavy (non-hydrogen) atoms. The minimum atomic E-state index is -0.984. The first-order valence-electron chi connectivity index (χ1n) is 7.33. The Balaban J connectivity index is 1.74. The lowest BCUT2D eigenvalue weighted by atomic mass is 10.1. The number of piperazine rings is 1. The van der Waals surface area contributed by atoms with E-state index in [1.165, 1.54) is 5.69 Å². The van der Waals surface area contributed by atoms with Crippen LogP contribution in [-0.4, -0.2) is 37.3 Å². The number of benzene rings is 2. The van der Waals surface area contributed by atoms with Crippen molar-refractivity contribution in [1.82, 2.24) is 0 Å². The van der Waals surface area contributed by atoms with Gasteiger partial charge in [-0.1, -0.05) is 24.3 Å². The van der Waals surface area contributed by atoms with Crippen molar-refractivity contribution < 1.29 is 9.90 Å². The predicted octanol–water partition coefficient (Wildman–Crippen LogP) is 2.29. The Morgan fingerprint density at radius 1 is 0.909 bits per heavy atom. The van der Waals surface area contributed by atoms with Crippen molar-refractivity contribution in [2.45, 2.75) is 0 Å². The number of rotatable bonds is 3. The third-order valence-corrected chi connectivity index (χ3v) is 4.06. The maximum Gasteiger partial charge on any atom is 0.337 e. The maximum absolute atomic E-state index is 11.2. The van der Waals surface area contributed by atoms with Crippen LogP contribution in [0.3, 0.4) is 0 Å². The lowest BCUT2D eigenvalue weighted by molar-refractivity contribution is 0.0698. The van der Waals surface area contributed by atoms with Crippen molar-refractivity contribution >= 4 is 23.0 Å². The summed E-state index contributed by atoms with van der Waals surface area (Å²) in [5.41, 5.74) is 8.57. The summed E-state index contributed by atoms with van der Waals surface area (Å²) in [7, 11) is 0. The molecule has 0 saturated carbocycles. The van der Waals surface area contributed by atoms with Crippen LogP contribution < -0.4 is 15.5 Å². The summed E-state index contributed by atoms with van der Waals surface area (Å²) in [6.07, 6.45) is 0. The van der Waals surface area contributed by atoms with Gasteiger partial charge >= 0.3 is 5.97 Å². The molecule has 0 amide bonds. The third kappa shape index (κ3) is 2.70. The van der Waals surface area contributed by atoms with E-state index >= 15 is 0 Å². The van der Waals surface area contributed by atoms with Gasteiger partial charge in [-0.15, -0.1) is 0 Å². The Morgan fingerprint density at radius 3 is 2.18 bits per heavy atom. The molecule has 5 nitrogen and oxygen atoms in total. The fraction of sp³-hybridized carbons (Fsp3) is 0.235. The fourth-order valence-electron chi connectivity index (χ4n) is 2.86. The van der Waals surface area contributed by atoms with Gasteiger partial charge in [0.2, 0.25) is 0 Å². The quantitative estimate of drug-likeness (QED) is 0.851. The van der Waals surface area contributed by atoms with E-state index in [2.05, 4.69) is 21.9 Å². The van der Waals surface area contributed by atoms with E-state index in [0.29, 0.717) is 5.69 Å². The second kappa shape index (κ2) is 5.97. The number of carboxylic acids is 1. The van der Waals surface area contributed by atoms with Gasteiger partial charge in [0.15, 0.2) is 0 Å². The van der Waals surface area contributed by atoms with Crippen LogP contribution in [0.4, 0.5) is 17.1 Å². The Morgan fingerprint density at radius 2 is 1.55 bits per heavy atom. The molecule has 0 radical (unpaired) electrons. The SMILES string of the molecule is Nc1c(C(=O)O)cccc1N1CCN(c2ccccc2)CC1. The van der Waals surface area contributed by atoms with Crippen LogP contribution in [0, 0.1) is 0 Å². The number of hydrogen-bond acceptors (Lipinski definition) is 4. The van der Waals surface area contributed by atoms with Crippen molar-refractivity contribution in [3.8, 4) is 0 Å². The average molecular weight is 297 g/mol. The molecule has 0 bridgehead atoms. The zero-order chi connectivity index (χ0) is 15.5. The van der Waals surface area contributed by atoms with Crippen LogP contribution in [0.1, 0.15) is 10.4 Å². The van der Waals surface area contributed by atoms with Crippen LogP contribution >= 0.6 is 0 Å².